The summed E-state index contributed by atoms with van der Waals surface area (Å²) in [6.45, 7) is -0.0722. The lowest BCUT2D eigenvalue weighted by molar-refractivity contribution is -0.143. The molecule has 2 aromatic rings. The van der Waals surface area contributed by atoms with Gasteiger partial charge < -0.3 is 20.1 Å². The van der Waals surface area contributed by atoms with Crippen LogP contribution in [0.1, 0.15) is 18.9 Å². The van der Waals surface area contributed by atoms with Crippen molar-refractivity contribution in [3.8, 4) is 5.75 Å². The van der Waals surface area contributed by atoms with Gasteiger partial charge in [-0.3, -0.25) is 24.1 Å². The SMILES string of the molecule is CC1C(=O)N(Cc2cc(F)cc(F)c2)CCN1CC(=O)N[C@@H](CC(=O)O)C(=O)COc1c(F)c(F)cc(F)c1F. The molecule has 1 heterocycles. The molecule has 0 spiro atoms. The summed E-state index contributed by atoms with van der Waals surface area (Å²) in [5, 5.41) is 11.3. The van der Waals surface area contributed by atoms with Gasteiger partial charge in [-0.25, -0.2) is 17.6 Å². The van der Waals surface area contributed by atoms with Gasteiger partial charge in [-0.05, 0) is 24.6 Å². The lowest BCUT2D eigenvalue weighted by atomic mass is 10.1. The van der Waals surface area contributed by atoms with Gasteiger partial charge in [0.15, 0.2) is 23.2 Å². The van der Waals surface area contributed by atoms with Crippen molar-refractivity contribution in [1.29, 1.82) is 0 Å². The number of nitrogens with one attached hydrogen (secondary N) is 1. The van der Waals surface area contributed by atoms with Crippen LogP contribution in [0.3, 0.4) is 0 Å². The zero-order valence-electron chi connectivity index (χ0n) is 20.9. The number of ether oxygens (including phenoxy) is 1. The second-order valence-electron chi connectivity index (χ2n) is 8.95. The Bertz CT molecular complexity index is 1280. The van der Waals surface area contributed by atoms with E-state index in [1.54, 1.807) is 0 Å². The number of carboxylic acid groups (broad SMARTS) is 1. The molecule has 0 aromatic heterocycles. The maximum atomic E-state index is 13.8. The van der Waals surface area contributed by atoms with Crippen LogP contribution in [-0.2, 0) is 25.7 Å². The molecule has 2 amide bonds. The fourth-order valence-electron chi connectivity index (χ4n) is 4.04. The van der Waals surface area contributed by atoms with E-state index in [9.17, 15) is 45.5 Å². The highest BCUT2D eigenvalue weighted by molar-refractivity contribution is 5.93. The molecule has 3 rings (SSSR count). The lowest BCUT2D eigenvalue weighted by Gasteiger charge is -2.39. The van der Waals surface area contributed by atoms with Crippen molar-refractivity contribution >= 4 is 23.6 Å². The Balaban J connectivity index is 1.60. The van der Waals surface area contributed by atoms with Gasteiger partial charge in [0, 0.05) is 31.8 Å². The fraction of sp³-hybridized carbons (Fsp3) is 0.360. The topological polar surface area (TPSA) is 116 Å². The second-order valence-corrected chi connectivity index (χ2v) is 8.95. The highest BCUT2D eigenvalue weighted by Crippen LogP contribution is 2.26. The van der Waals surface area contributed by atoms with E-state index in [2.05, 4.69) is 10.1 Å². The molecule has 0 bridgehead atoms. The van der Waals surface area contributed by atoms with E-state index in [1.807, 2.05) is 0 Å². The Labute approximate surface area is 223 Å². The van der Waals surface area contributed by atoms with Gasteiger partial charge in [-0.15, -0.1) is 0 Å². The fourth-order valence-corrected chi connectivity index (χ4v) is 4.04. The molecular formula is C25H23F6N3O6. The summed E-state index contributed by atoms with van der Waals surface area (Å²) in [5.41, 5.74) is 0.224. The summed E-state index contributed by atoms with van der Waals surface area (Å²) in [4.78, 5) is 51.9. The molecule has 216 valence electrons. The van der Waals surface area contributed by atoms with Gasteiger partial charge >= 0.3 is 5.97 Å². The molecule has 1 unspecified atom stereocenters. The number of Topliss-reactive ketones (excluding diaryl/α,β-unsaturated/α-hetero) is 1. The van der Waals surface area contributed by atoms with E-state index in [0.29, 0.717) is 6.07 Å². The van der Waals surface area contributed by atoms with Gasteiger partial charge in [0.05, 0.1) is 19.0 Å². The first kappa shape index (κ1) is 30.4. The predicted octanol–water partition coefficient (Wildman–Crippen LogP) is 2.16. The number of hydrogen-bond donors (Lipinski definition) is 2. The van der Waals surface area contributed by atoms with Gasteiger partial charge in [0.2, 0.25) is 23.4 Å². The van der Waals surface area contributed by atoms with Gasteiger partial charge in [-0.2, -0.15) is 8.78 Å². The molecule has 40 heavy (non-hydrogen) atoms. The number of carbonyl (C=O) groups excluding carboxylic acids is 3. The first-order valence-corrected chi connectivity index (χ1v) is 11.7. The van der Waals surface area contributed by atoms with E-state index in [-0.39, 0.29) is 31.3 Å². The number of rotatable bonds is 11. The number of piperazine rings is 1. The first-order valence-electron chi connectivity index (χ1n) is 11.7. The molecule has 2 aromatic carbocycles. The smallest absolute Gasteiger partial charge is 0.305 e. The molecule has 1 aliphatic heterocycles. The van der Waals surface area contributed by atoms with Crippen LogP contribution in [-0.4, -0.2) is 76.8 Å². The molecule has 15 heteroatoms. The Morgan fingerprint density at radius 1 is 1.00 bits per heavy atom. The van der Waals surface area contributed by atoms with Crippen LogP contribution in [0, 0.1) is 34.9 Å². The average molecular weight is 575 g/mol. The number of aliphatic carboxylic acids is 1. The van der Waals surface area contributed by atoms with E-state index in [0.717, 1.165) is 12.1 Å². The summed E-state index contributed by atoms with van der Waals surface area (Å²) < 4.78 is 85.8. The number of carboxylic acids is 1. The number of halogens is 6. The Morgan fingerprint density at radius 2 is 1.60 bits per heavy atom. The summed E-state index contributed by atoms with van der Waals surface area (Å²) in [6, 6.07) is 0.166. The monoisotopic (exact) mass is 575 g/mol. The zero-order valence-corrected chi connectivity index (χ0v) is 20.9. The largest absolute Gasteiger partial charge is 0.481 e. The molecule has 1 fully saturated rings. The molecule has 9 nitrogen and oxygen atoms in total. The highest BCUT2D eigenvalue weighted by Gasteiger charge is 2.34. The van der Waals surface area contributed by atoms with Gasteiger partial charge in [0.1, 0.15) is 24.3 Å². The third-order valence-corrected chi connectivity index (χ3v) is 6.05. The molecule has 1 saturated heterocycles. The van der Waals surface area contributed by atoms with Crippen molar-refractivity contribution in [2.24, 2.45) is 0 Å². The standard InChI is InChI=1S/C25H23F6N3O6/c1-12-25(39)34(9-13-4-14(26)6-15(27)5-13)3-2-33(12)10-20(36)32-18(8-21(37)38)19(35)11-40-24-22(30)16(28)7-17(29)23(24)31/h4-7,12,18H,2-3,8-11H2,1H3,(H,32,36)(H,37,38)/t12?,18-/m0/s1. The van der Waals surface area contributed by atoms with Gasteiger partial charge in [0.25, 0.3) is 0 Å². The van der Waals surface area contributed by atoms with E-state index in [4.69, 9.17) is 5.11 Å². The third kappa shape index (κ3) is 7.49. The van der Waals surface area contributed by atoms with Crippen LogP contribution in [0.5, 0.6) is 5.75 Å². The minimum absolute atomic E-state index is 0.0698. The zero-order chi connectivity index (χ0) is 29.7. The molecule has 2 atom stereocenters. The molecule has 0 radical (unpaired) electrons. The minimum atomic E-state index is -1.91. The number of benzene rings is 2. The van der Waals surface area contributed by atoms with Crippen molar-refractivity contribution in [2.75, 3.05) is 26.2 Å². The van der Waals surface area contributed by atoms with E-state index in [1.165, 1.54) is 16.7 Å². The molecule has 1 aliphatic rings. The average Bonchev–Trinajstić information content (AvgIpc) is 2.86. The Kier molecular flexibility index (Phi) is 9.74. The molecule has 2 N–H and O–H groups in total. The third-order valence-electron chi connectivity index (χ3n) is 6.05. The Hall–Kier alpha value is -4.14. The van der Waals surface area contributed by atoms with Crippen LogP contribution in [0.15, 0.2) is 24.3 Å². The van der Waals surface area contributed by atoms with E-state index >= 15 is 0 Å². The highest BCUT2D eigenvalue weighted by atomic mass is 19.2. The second kappa shape index (κ2) is 12.8. The van der Waals surface area contributed by atoms with E-state index < -0.39 is 95.9 Å². The normalized spacial score (nSPS) is 16.5. The maximum Gasteiger partial charge on any atom is 0.305 e. The van der Waals surface area contributed by atoms with Crippen LogP contribution in [0.2, 0.25) is 0 Å². The van der Waals surface area contributed by atoms with Crippen LogP contribution < -0.4 is 10.1 Å². The lowest BCUT2D eigenvalue weighted by Crippen LogP contribution is -2.58. The van der Waals surface area contributed by atoms with Crippen molar-refractivity contribution in [3.63, 3.8) is 0 Å². The first-order chi connectivity index (χ1) is 18.8. The maximum absolute atomic E-state index is 13.8. The van der Waals surface area contributed by atoms with Crippen molar-refractivity contribution in [2.45, 2.75) is 32.0 Å². The van der Waals surface area contributed by atoms with Crippen molar-refractivity contribution < 1.29 is 55.4 Å². The number of carbonyl (C=O) groups is 4. The van der Waals surface area contributed by atoms with Crippen LogP contribution >= 0.6 is 0 Å². The summed E-state index contributed by atoms with van der Waals surface area (Å²) in [6.07, 6.45) is -0.955. The number of ketones is 1. The minimum Gasteiger partial charge on any atom is -0.481 e. The van der Waals surface area contributed by atoms with Crippen LogP contribution in [0.4, 0.5) is 26.3 Å². The quantitative estimate of drug-likeness (QED) is 0.312. The summed E-state index contributed by atoms with van der Waals surface area (Å²) in [5.74, 6) is -14.6. The van der Waals surface area contributed by atoms with Crippen molar-refractivity contribution in [1.82, 2.24) is 15.1 Å². The summed E-state index contributed by atoms with van der Waals surface area (Å²) >= 11 is 0. The van der Waals surface area contributed by atoms with Gasteiger partial charge in [-0.1, -0.05) is 0 Å². The number of hydrogen-bond acceptors (Lipinski definition) is 6. The van der Waals surface area contributed by atoms with Crippen LogP contribution in [0.25, 0.3) is 0 Å². The van der Waals surface area contributed by atoms with Crippen molar-refractivity contribution in [3.05, 3.63) is 64.7 Å². The predicted molar refractivity (Wildman–Crippen MR) is 124 cm³/mol. The number of nitrogens with zero attached hydrogens (tertiary/aromatic N) is 2. The Morgan fingerprint density at radius 3 is 2.17 bits per heavy atom. The summed E-state index contributed by atoms with van der Waals surface area (Å²) in [7, 11) is 0. The molecule has 0 aliphatic carbocycles. The number of amides is 2. The molecular weight excluding hydrogens is 552 g/mol. The molecule has 0 saturated carbocycles.